The summed E-state index contributed by atoms with van der Waals surface area (Å²) in [5, 5.41) is 13.6. The van der Waals surface area contributed by atoms with Crippen molar-refractivity contribution >= 4 is 36.3 Å². The number of aromatic nitrogens is 2. The molecular formula is C13H20N6O5S. The van der Waals surface area contributed by atoms with E-state index in [2.05, 4.69) is 33.2 Å². The van der Waals surface area contributed by atoms with Gasteiger partial charge in [0.25, 0.3) is 0 Å². The van der Waals surface area contributed by atoms with Gasteiger partial charge in [0, 0.05) is 24.1 Å². The summed E-state index contributed by atoms with van der Waals surface area (Å²) in [7, 11) is 0. The van der Waals surface area contributed by atoms with Crippen LogP contribution in [0.25, 0.3) is 0 Å². The van der Waals surface area contributed by atoms with Crippen LogP contribution in [-0.2, 0) is 25.6 Å². The molecule has 0 aliphatic heterocycles. The lowest BCUT2D eigenvalue weighted by Crippen LogP contribution is -2.56. The van der Waals surface area contributed by atoms with E-state index in [9.17, 15) is 19.2 Å². The molecule has 1 rings (SSSR count). The number of carboxylic acids is 1. The number of aliphatic carboxylic acids is 1. The average Bonchev–Trinajstić information content (AvgIpc) is 3.03. The minimum absolute atomic E-state index is 0.0137. The third kappa shape index (κ3) is 6.81. The molecule has 3 amide bonds. The van der Waals surface area contributed by atoms with Gasteiger partial charge in [-0.25, -0.2) is 9.78 Å². The number of hydrogen-bond acceptors (Lipinski definition) is 7. The minimum Gasteiger partial charge on any atom is -0.480 e. The Kier molecular flexibility index (Phi) is 7.88. The molecule has 138 valence electrons. The lowest BCUT2D eigenvalue weighted by atomic mass is 10.1. The van der Waals surface area contributed by atoms with Gasteiger partial charge in [-0.15, -0.1) is 0 Å². The quantitative estimate of drug-likeness (QED) is 0.215. The van der Waals surface area contributed by atoms with E-state index in [-0.39, 0.29) is 12.2 Å². The molecule has 1 heterocycles. The molecular weight excluding hydrogens is 352 g/mol. The Bertz CT molecular complexity index is 622. The number of H-pyrrole nitrogens is 1. The van der Waals surface area contributed by atoms with Crippen molar-refractivity contribution in [1.82, 2.24) is 20.6 Å². The summed E-state index contributed by atoms with van der Waals surface area (Å²) >= 11 is 3.86. The molecule has 1 aromatic heterocycles. The van der Waals surface area contributed by atoms with Crippen LogP contribution in [0.15, 0.2) is 12.5 Å². The summed E-state index contributed by atoms with van der Waals surface area (Å²) in [6.07, 6.45) is 2.46. The fourth-order valence-electron chi connectivity index (χ4n) is 1.87. The predicted molar refractivity (Wildman–Crippen MR) is 89.4 cm³/mol. The van der Waals surface area contributed by atoms with Crippen LogP contribution in [0.1, 0.15) is 12.1 Å². The number of imidazole rings is 1. The summed E-state index contributed by atoms with van der Waals surface area (Å²) < 4.78 is 0. The minimum atomic E-state index is -1.26. The van der Waals surface area contributed by atoms with E-state index < -0.39 is 48.2 Å². The molecule has 3 atom stereocenters. The van der Waals surface area contributed by atoms with Crippen molar-refractivity contribution in [2.24, 2.45) is 11.5 Å². The van der Waals surface area contributed by atoms with Crippen LogP contribution >= 0.6 is 12.6 Å². The van der Waals surface area contributed by atoms with Gasteiger partial charge < -0.3 is 32.2 Å². The number of carboxylic acid groups (broad SMARTS) is 1. The van der Waals surface area contributed by atoms with Gasteiger partial charge in [0.15, 0.2) is 0 Å². The van der Waals surface area contributed by atoms with Crippen LogP contribution in [0.5, 0.6) is 0 Å². The van der Waals surface area contributed by atoms with Crippen molar-refractivity contribution < 1.29 is 24.3 Å². The molecule has 0 aliphatic carbocycles. The Hall–Kier alpha value is -2.60. The zero-order valence-electron chi connectivity index (χ0n) is 13.1. The highest BCUT2D eigenvalue weighted by atomic mass is 32.1. The number of aromatic amines is 1. The molecule has 0 spiro atoms. The highest BCUT2D eigenvalue weighted by Gasteiger charge is 2.28. The molecule has 0 unspecified atom stereocenters. The van der Waals surface area contributed by atoms with Crippen molar-refractivity contribution in [1.29, 1.82) is 0 Å². The topological polar surface area (TPSA) is 193 Å². The van der Waals surface area contributed by atoms with Crippen LogP contribution in [0.4, 0.5) is 0 Å². The Morgan fingerprint density at radius 1 is 1.24 bits per heavy atom. The molecule has 0 aromatic carbocycles. The lowest BCUT2D eigenvalue weighted by Gasteiger charge is -2.21. The summed E-state index contributed by atoms with van der Waals surface area (Å²) in [4.78, 5) is 52.8. The number of hydrogen-bond donors (Lipinski definition) is 7. The molecule has 0 saturated carbocycles. The van der Waals surface area contributed by atoms with Crippen LogP contribution in [0, 0.1) is 0 Å². The maximum Gasteiger partial charge on any atom is 0.327 e. The van der Waals surface area contributed by atoms with Crippen LogP contribution < -0.4 is 22.1 Å². The van der Waals surface area contributed by atoms with Gasteiger partial charge in [0.05, 0.1) is 18.8 Å². The number of nitrogens with one attached hydrogen (secondary N) is 3. The summed E-state index contributed by atoms with van der Waals surface area (Å²) in [6.45, 7) is 0. The van der Waals surface area contributed by atoms with Gasteiger partial charge in [-0.2, -0.15) is 12.6 Å². The third-order valence-corrected chi connectivity index (χ3v) is 3.53. The molecule has 0 fully saturated rings. The van der Waals surface area contributed by atoms with E-state index in [1.54, 1.807) is 0 Å². The van der Waals surface area contributed by atoms with Gasteiger partial charge >= 0.3 is 5.97 Å². The number of rotatable bonds is 10. The van der Waals surface area contributed by atoms with Crippen molar-refractivity contribution in [2.45, 2.75) is 31.0 Å². The van der Waals surface area contributed by atoms with E-state index in [1.165, 1.54) is 12.5 Å². The SMILES string of the molecule is NC(=O)C[C@H](N)C(=O)N[C@@H](Cc1cnc[nH]1)C(=O)N[C@@H](CS)C(=O)O. The monoisotopic (exact) mass is 372 g/mol. The fraction of sp³-hybridized carbons (Fsp3) is 0.462. The van der Waals surface area contributed by atoms with Crippen molar-refractivity contribution in [3.63, 3.8) is 0 Å². The van der Waals surface area contributed by atoms with Crippen LogP contribution in [-0.4, -0.2) is 62.6 Å². The molecule has 0 radical (unpaired) electrons. The van der Waals surface area contributed by atoms with Crippen LogP contribution in [0.2, 0.25) is 0 Å². The predicted octanol–water partition coefficient (Wildman–Crippen LogP) is -2.86. The van der Waals surface area contributed by atoms with Crippen LogP contribution in [0.3, 0.4) is 0 Å². The molecule has 0 aliphatic rings. The number of carbonyl (C=O) groups is 4. The summed E-state index contributed by atoms with van der Waals surface area (Å²) in [5.74, 6) is -3.67. The molecule has 0 saturated heterocycles. The second kappa shape index (κ2) is 9.64. The number of thiol groups is 1. The molecule has 12 heteroatoms. The Balaban J connectivity index is 2.84. The molecule has 25 heavy (non-hydrogen) atoms. The van der Waals surface area contributed by atoms with Crippen molar-refractivity contribution in [2.75, 3.05) is 5.75 Å². The van der Waals surface area contributed by atoms with Crippen molar-refractivity contribution in [3.05, 3.63) is 18.2 Å². The van der Waals surface area contributed by atoms with Crippen molar-refractivity contribution in [3.8, 4) is 0 Å². The molecule has 8 N–H and O–H groups in total. The first-order valence-electron chi connectivity index (χ1n) is 7.20. The van der Waals surface area contributed by atoms with Gasteiger partial charge in [0.1, 0.15) is 12.1 Å². The molecule has 11 nitrogen and oxygen atoms in total. The maximum absolute atomic E-state index is 12.3. The number of nitrogens with zero attached hydrogens (tertiary/aromatic N) is 1. The Morgan fingerprint density at radius 3 is 2.36 bits per heavy atom. The normalized spacial score (nSPS) is 14.2. The van der Waals surface area contributed by atoms with Gasteiger partial charge in [0.2, 0.25) is 17.7 Å². The first-order chi connectivity index (χ1) is 11.7. The highest BCUT2D eigenvalue weighted by molar-refractivity contribution is 7.80. The zero-order valence-corrected chi connectivity index (χ0v) is 14.0. The van der Waals surface area contributed by atoms with E-state index in [0.29, 0.717) is 5.69 Å². The second-order valence-corrected chi connectivity index (χ2v) is 5.57. The molecule has 1 aromatic rings. The first-order valence-corrected chi connectivity index (χ1v) is 7.83. The van der Waals surface area contributed by atoms with Gasteiger partial charge in [-0.05, 0) is 0 Å². The fourth-order valence-corrected chi connectivity index (χ4v) is 2.12. The highest BCUT2D eigenvalue weighted by Crippen LogP contribution is 2.02. The van der Waals surface area contributed by atoms with Gasteiger partial charge in [-0.1, -0.05) is 0 Å². The largest absolute Gasteiger partial charge is 0.480 e. The Labute approximate surface area is 148 Å². The summed E-state index contributed by atoms with van der Waals surface area (Å²) in [6, 6.07) is -3.58. The Morgan fingerprint density at radius 2 is 1.88 bits per heavy atom. The maximum atomic E-state index is 12.3. The number of amides is 3. The molecule has 0 bridgehead atoms. The van der Waals surface area contributed by atoms with E-state index >= 15 is 0 Å². The first kappa shape index (κ1) is 20.4. The van der Waals surface area contributed by atoms with E-state index in [1.807, 2.05) is 0 Å². The van der Waals surface area contributed by atoms with E-state index in [4.69, 9.17) is 16.6 Å². The lowest BCUT2D eigenvalue weighted by molar-refractivity contribution is -0.141. The third-order valence-electron chi connectivity index (χ3n) is 3.17. The summed E-state index contributed by atoms with van der Waals surface area (Å²) in [5.41, 5.74) is 11.1. The van der Waals surface area contributed by atoms with Gasteiger partial charge in [-0.3, -0.25) is 14.4 Å². The second-order valence-electron chi connectivity index (χ2n) is 5.20. The smallest absolute Gasteiger partial charge is 0.327 e. The number of nitrogens with two attached hydrogens (primary N) is 2. The van der Waals surface area contributed by atoms with E-state index in [0.717, 1.165) is 0 Å². The average molecular weight is 372 g/mol. The number of carbonyl (C=O) groups excluding carboxylic acids is 3. The standard InChI is InChI=1S/C13H20N6O5S/c14-7(2-10(15)20)11(21)18-8(1-6-3-16-5-17-6)12(22)19-9(4-25)13(23)24/h3,5,7-9,25H,1-2,4,14H2,(H2,15,20)(H,16,17)(H,18,21)(H,19,22)(H,23,24)/t7-,8-,9-/m0/s1. The number of primary amides is 1. The zero-order chi connectivity index (χ0) is 19.0.